The van der Waals surface area contributed by atoms with Crippen LogP contribution in [-0.2, 0) is 11.2 Å². The zero-order valence-electron chi connectivity index (χ0n) is 10.0. The van der Waals surface area contributed by atoms with Gasteiger partial charge in [-0.3, -0.25) is 4.79 Å². The Balaban J connectivity index is 2.61. The highest BCUT2D eigenvalue weighted by molar-refractivity contribution is 5.89. The largest absolute Gasteiger partial charge is 0.481 e. The molecule has 0 aromatic heterocycles. The Hall–Kier alpha value is -2.48. The van der Waals surface area contributed by atoms with Crippen LogP contribution in [0.25, 0.3) is 0 Å². The smallest absolute Gasteiger partial charge is 0.322 e. The van der Waals surface area contributed by atoms with Gasteiger partial charge in [-0.25, -0.2) is 4.79 Å². The molecule has 0 unspecified atom stereocenters. The number of carboxylic acid groups (broad SMARTS) is 1. The van der Waals surface area contributed by atoms with Crippen molar-refractivity contribution in [3.8, 4) is 12.3 Å². The van der Waals surface area contributed by atoms with Crippen LogP contribution in [0, 0.1) is 12.3 Å². The molecule has 2 N–H and O–H groups in total. The number of nitrogens with zero attached hydrogens (tertiary/aromatic N) is 1. The first kappa shape index (κ1) is 13.6. The molecule has 0 heterocycles. The van der Waals surface area contributed by atoms with Crippen LogP contribution in [-0.4, -0.2) is 35.6 Å². The molecular weight excluding hydrogens is 232 g/mol. The van der Waals surface area contributed by atoms with E-state index in [1.54, 1.807) is 31.3 Å². The number of benzene rings is 1. The van der Waals surface area contributed by atoms with E-state index < -0.39 is 5.97 Å². The number of nitrogens with one attached hydrogen (secondary N) is 1. The summed E-state index contributed by atoms with van der Waals surface area (Å²) in [5.41, 5.74) is 1.27. The Bertz CT molecular complexity index is 474. The molecule has 0 atom stereocenters. The fourth-order valence-corrected chi connectivity index (χ4v) is 1.31. The molecule has 0 fully saturated rings. The molecule has 0 radical (unpaired) electrons. The summed E-state index contributed by atoms with van der Waals surface area (Å²) in [4.78, 5) is 23.5. The lowest BCUT2D eigenvalue weighted by Crippen LogP contribution is -2.31. The fraction of sp³-hybridized carbons (Fsp3) is 0.231. The maximum Gasteiger partial charge on any atom is 0.322 e. The topological polar surface area (TPSA) is 69.6 Å². The quantitative estimate of drug-likeness (QED) is 0.789. The molecular formula is C13H14N2O3. The van der Waals surface area contributed by atoms with Crippen molar-refractivity contribution in [3.05, 3.63) is 29.8 Å². The van der Waals surface area contributed by atoms with Gasteiger partial charge in [-0.05, 0) is 17.7 Å². The van der Waals surface area contributed by atoms with Crippen molar-refractivity contribution in [1.82, 2.24) is 4.90 Å². The number of carbonyl (C=O) groups excluding carboxylic acids is 1. The van der Waals surface area contributed by atoms with Crippen molar-refractivity contribution < 1.29 is 14.7 Å². The van der Waals surface area contributed by atoms with Gasteiger partial charge in [0.15, 0.2) is 0 Å². The number of carbonyl (C=O) groups is 2. The van der Waals surface area contributed by atoms with Gasteiger partial charge in [-0.1, -0.05) is 18.1 Å². The van der Waals surface area contributed by atoms with Crippen molar-refractivity contribution in [2.75, 3.05) is 18.9 Å². The summed E-state index contributed by atoms with van der Waals surface area (Å²) in [6.45, 7) is 0.225. The predicted molar refractivity (Wildman–Crippen MR) is 68.3 cm³/mol. The van der Waals surface area contributed by atoms with Gasteiger partial charge >= 0.3 is 12.0 Å². The average molecular weight is 246 g/mol. The van der Waals surface area contributed by atoms with Crippen LogP contribution >= 0.6 is 0 Å². The molecule has 5 nitrogen and oxygen atoms in total. The zero-order chi connectivity index (χ0) is 13.5. The van der Waals surface area contributed by atoms with Crippen molar-refractivity contribution in [2.45, 2.75) is 6.42 Å². The number of hydrogen-bond donors (Lipinski definition) is 2. The summed E-state index contributed by atoms with van der Waals surface area (Å²) < 4.78 is 0. The van der Waals surface area contributed by atoms with Gasteiger partial charge in [0.2, 0.25) is 0 Å². The summed E-state index contributed by atoms with van der Waals surface area (Å²) in [5.74, 6) is 1.48. The normalized spacial score (nSPS) is 9.33. The highest BCUT2D eigenvalue weighted by Gasteiger charge is 2.07. The third-order valence-electron chi connectivity index (χ3n) is 2.24. The molecule has 0 bridgehead atoms. The predicted octanol–water partition coefficient (Wildman–Crippen LogP) is 1.41. The van der Waals surface area contributed by atoms with E-state index in [1.165, 1.54) is 4.90 Å². The Morgan fingerprint density at radius 1 is 1.39 bits per heavy atom. The maximum atomic E-state index is 11.6. The van der Waals surface area contributed by atoms with Gasteiger partial charge in [0.25, 0.3) is 0 Å². The average Bonchev–Trinajstić information content (AvgIpc) is 2.31. The SMILES string of the molecule is C#CCN(C)C(=O)Nc1ccc(CC(=O)O)cc1. The van der Waals surface area contributed by atoms with Crippen LogP contribution in [0.15, 0.2) is 24.3 Å². The molecule has 2 amide bonds. The lowest BCUT2D eigenvalue weighted by molar-refractivity contribution is -0.136. The van der Waals surface area contributed by atoms with Crippen LogP contribution in [0.2, 0.25) is 0 Å². The van der Waals surface area contributed by atoms with E-state index in [4.69, 9.17) is 11.5 Å². The Labute approximate surface area is 105 Å². The first-order chi connectivity index (χ1) is 8.52. The molecule has 0 aliphatic carbocycles. The van der Waals surface area contributed by atoms with E-state index >= 15 is 0 Å². The minimum atomic E-state index is -0.888. The van der Waals surface area contributed by atoms with Crippen LogP contribution in [0.5, 0.6) is 0 Å². The van der Waals surface area contributed by atoms with Crippen LogP contribution < -0.4 is 5.32 Å². The molecule has 0 aliphatic rings. The van der Waals surface area contributed by atoms with Gasteiger partial charge in [-0.15, -0.1) is 6.42 Å². The second-order valence-corrected chi connectivity index (χ2v) is 3.76. The summed E-state index contributed by atoms with van der Waals surface area (Å²) in [6, 6.07) is 6.31. The molecule has 0 aliphatic heterocycles. The lowest BCUT2D eigenvalue weighted by atomic mass is 10.1. The summed E-state index contributed by atoms with van der Waals surface area (Å²) in [7, 11) is 1.59. The fourth-order valence-electron chi connectivity index (χ4n) is 1.31. The number of terminal acetylenes is 1. The molecule has 94 valence electrons. The molecule has 1 aromatic rings. The van der Waals surface area contributed by atoms with E-state index in [1.807, 2.05) is 0 Å². The van der Waals surface area contributed by atoms with Crippen LogP contribution in [0.3, 0.4) is 0 Å². The van der Waals surface area contributed by atoms with Gasteiger partial charge in [0, 0.05) is 12.7 Å². The lowest BCUT2D eigenvalue weighted by Gasteiger charge is -2.15. The third-order valence-corrected chi connectivity index (χ3v) is 2.24. The standard InChI is InChI=1S/C13H14N2O3/c1-3-8-15(2)13(18)14-11-6-4-10(5-7-11)9-12(16)17/h1,4-7H,8-9H2,2H3,(H,14,18)(H,16,17). The number of hydrogen-bond acceptors (Lipinski definition) is 2. The molecule has 1 rings (SSSR count). The van der Waals surface area contributed by atoms with Crippen molar-refractivity contribution in [2.24, 2.45) is 0 Å². The second kappa shape index (κ2) is 6.30. The first-order valence-electron chi connectivity index (χ1n) is 5.29. The number of carboxylic acids is 1. The van der Waals surface area contributed by atoms with Crippen molar-refractivity contribution in [1.29, 1.82) is 0 Å². The van der Waals surface area contributed by atoms with Gasteiger partial charge in [0.1, 0.15) is 0 Å². The molecule has 5 heteroatoms. The van der Waals surface area contributed by atoms with E-state index in [0.717, 1.165) is 0 Å². The molecule has 0 spiro atoms. The van der Waals surface area contributed by atoms with Gasteiger partial charge in [-0.2, -0.15) is 0 Å². The van der Waals surface area contributed by atoms with E-state index in [9.17, 15) is 9.59 Å². The number of amides is 2. The molecule has 0 saturated heterocycles. The molecule has 18 heavy (non-hydrogen) atoms. The Kier molecular flexibility index (Phi) is 4.76. The minimum Gasteiger partial charge on any atom is -0.481 e. The third kappa shape index (κ3) is 4.18. The van der Waals surface area contributed by atoms with Gasteiger partial charge in [0.05, 0.1) is 13.0 Å². The Morgan fingerprint density at radius 3 is 2.50 bits per heavy atom. The zero-order valence-corrected chi connectivity index (χ0v) is 10.0. The number of rotatable bonds is 4. The van der Waals surface area contributed by atoms with Gasteiger partial charge < -0.3 is 15.3 Å². The number of urea groups is 1. The monoisotopic (exact) mass is 246 g/mol. The first-order valence-corrected chi connectivity index (χ1v) is 5.29. The summed E-state index contributed by atoms with van der Waals surface area (Å²) in [5, 5.41) is 11.3. The number of anilines is 1. The Morgan fingerprint density at radius 2 is 2.00 bits per heavy atom. The highest BCUT2D eigenvalue weighted by atomic mass is 16.4. The van der Waals surface area contributed by atoms with E-state index in [-0.39, 0.29) is 19.0 Å². The van der Waals surface area contributed by atoms with E-state index in [0.29, 0.717) is 11.3 Å². The summed E-state index contributed by atoms with van der Waals surface area (Å²) >= 11 is 0. The minimum absolute atomic E-state index is 0.0365. The maximum absolute atomic E-state index is 11.6. The van der Waals surface area contributed by atoms with Crippen LogP contribution in [0.1, 0.15) is 5.56 Å². The molecule has 1 aromatic carbocycles. The second-order valence-electron chi connectivity index (χ2n) is 3.76. The van der Waals surface area contributed by atoms with Crippen molar-refractivity contribution >= 4 is 17.7 Å². The summed E-state index contributed by atoms with van der Waals surface area (Å²) in [6.07, 6.45) is 5.06. The van der Waals surface area contributed by atoms with Crippen LogP contribution in [0.4, 0.5) is 10.5 Å². The van der Waals surface area contributed by atoms with E-state index in [2.05, 4.69) is 11.2 Å². The number of aliphatic carboxylic acids is 1. The highest BCUT2D eigenvalue weighted by Crippen LogP contribution is 2.10. The molecule has 0 saturated carbocycles. The van der Waals surface area contributed by atoms with Crippen molar-refractivity contribution in [3.63, 3.8) is 0 Å².